The molecule has 102 valence electrons. The van der Waals surface area contributed by atoms with Crippen LogP contribution >= 0.6 is 0 Å². The van der Waals surface area contributed by atoms with Gasteiger partial charge in [-0.3, -0.25) is 9.36 Å². The number of hydrogen-bond acceptors (Lipinski definition) is 3. The third kappa shape index (κ3) is 1.69. The molecule has 0 unspecified atom stereocenters. The van der Waals surface area contributed by atoms with E-state index in [0.717, 1.165) is 0 Å². The van der Waals surface area contributed by atoms with Crippen molar-refractivity contribution in [1.82, 2.24) is 14.5 Å². The zero-order chi connectivity index (χ0) is 14.3. The number of carboxylic acid groups (broad SMARTS) is 1. The first-order chi connectivity index (χ1) is 9.63. The zero-order valence-corrected chi connectivity index (χ0v) is 10.9. The first-order valence-electron chi connectivity index (χ1n) is 6.31. The molecular weight excluding hydrogens is 258 g/mol. The molecule has 1 aliphatic rings. The van der Waals surface area contributed by atoms with Crippen molar-refractivity contribution in [3.63, 3.8) is 0 Å². The van der Waals surface area contributed by atoms with Crippen LogP contribution in [-0.2, 0) is 6.54 Å². The van der Waals surface area contributed by atoms with Gasteiger partial charge < -0.3 is 10.0 Å². The van der Waals surface area contributed by atoms with E-state index < -0.39 is 5.97 Å². The summed E-state index contributed by atoms with van der Waals surface area (Å²) in [7, 11) is 0. The molecule has 0 radical (unpaired) electrons. The van der Waals surface area contributed by atoms with Crippen molar-refractivity contribution in [2.24, 2.45) is 0 Å². The van der Waals surface area contributed by atoms with Crippen LogP contribution in [0.25, 0.3) is 5.69 Å². The van der Waals surface area contributed by atoms with Gasteiger partial charge in [-0.1, -0.05) is 12.1 Å². The molecule has 0 saturated carbocycles. The molecular formula is C14H13N3O3. The summed E-state index contributed by atoms with van der Waals surface area (Å²) in [5.41, 5.74) is 1.75. The van der Waals surface area contributed by atoms with Crippen LogP contribution in [0.4, 0.5) is 0 Å². The third-order valence-corrected chi connectivity index (χ3v) is 3.47. The van der Waals surface area contributed by atoms with Crippen LogP contribution < -0.4 is 0 Å². The second-order valence-electron chi connectivity index (χ2n) is 4.55. The molecule has 1 aliphatic heterocycles. The standard InChI is InChI=1S/C14H13N3O3/c1-2-16-7-11-12(14(19)20)15-8-17(11)10-6-4-3-5-9(10)13(16)18/h3-6,8H,2,7H2,1H3,(H,19,20). The highest BCUT2D eigenvalue weighted by Crippen LogP contribution is 2.25. The fraction of sp³-hybridized carbons (Fsp3) is 0.214. The monoisotopic (exact) mass is 271 g/mol. The Bertz CT molecular complexity index is 705. The van der Waals surface area contributed by atoms with E-state index in [1.807, 2.05) is 13.0 Å². The highest BCUT2D eigenvalue weighted by atomic mass is 16.4. The van der Waals surface area contributed by atoms with Crippen LogP contribution in [-0.4, -0.2) is 38.0 Å². The molecule has 6 nitrogen and oxygen atoms in total. The van der Waals surface area contributed by atoms with E-state index in [4.69, 9.17) is 0 Å². The van der Waals surface area contributed by atoms with E-state index in [2.05, 4.69) is 4.98 Å². The van der Waals surface area contributed by atoms with E-state index in [9.17, 15) is 14.7 Å². The maximum absolute atomic E-state index is 12.5. The van der Waals surface area contributed by atoms with Crippen LogP contribution in [0, 0.1) is 0 Å². The van der Waals surface area contributed by atoms with Crippen molar-refractivity contribution in [2.45, 2.75) is 13.5 Å². The molecule has 0 aliphatic carbocycles. The molecule has 0 atom stereocenters. The molecule has 20 heavy (non-hydrogen) atoms. The predicted octanol–water partition coefficient (Wildman–Crippen LogP) is 1.55. The van der Waals surface area contributed by atoms with Crippen LogP contribution in [0.2, 0.25) is 0 Å². The second-order valence-corrected chi connectivity index (χ2v) is 4.55. The van der Waals surface area contributed by atoms with E-state index >= 15 is 0 Å². The van der Waals surface area contributed by atoms with Gasteiger partial charge in [-0.15, -0.1) is 0 Å². The molecule has 1 aromatic carbocycles. The largest absolute Gasteiger partial charge is 0.476 e. The van der Waals surface area contributed by atoms with Gasteiger partial charge in [0.15, 0.2) is 5.69 Å². The molecule has 0 saturated heterocycles. The number of benzene rings is 1. The fourth-order valence-electron chi connectivity index (χ4n) is 2.45. The van der Waals surface area contributed by atoms with E-state index in [1.165, 1.54) is 6.33 Å². The van der Waals surface area contributed by atoms with Crippen molar-refractivity contribution in [3.8, 4) is 5.69 Å². The number of carbonyl (C=O) groups excluding carboxylic acids is 1. The number of fused-ring (bicyclic) bond motifs is 3. The number of imidazole rings is 1. The molecule has 2 heterocycles. The Morgan fingerprint density at radius 3 is 2.85 bits per heavy atom. The maximum Gasteiger partial charge on any atom is 0.356 e. The number of carboxylic acids is 1. The van der Waals surface area contributed by atoms with Gasteiger partial charge in [0.05, 0.1) is 23.5 Å². The van der Waals surface area contributed by atoms with Crippen LogP contribution in [0.15, 0.2) is 30.6 Å². The first kappa shape index (κ1) is 12.4. The second kappa shape index (κ2) is 4.48. The Kier molecular flexibility index (Phi) is 2.78. The Labute approximate surface area is 115 Å². The lowest BCUT2D eigenvalue weighted by molar-refractivity contribution is 0.0679. The lowest BCUT2D eigenvalue weighted by Crippen LogP contribution is -2.29. The van der Waals surface area contributed by atoms with Crippen molar-refractivity contribution < 1.29 is 14.7 Å². The summed E-state index contributed by atoms with van der Waals surface area (Å²) < 4.78 is 1.69. The van der Waals surface area contributed by atoms with Crippen molar-refractivity contribution in [3.05, 3.63) is 47.5 Å². The van der Waals surface area contributed by atoms with Gasteiger partial charge >= 0.3 is 5.97 Å². The first-order valence-corrected chi connectivity index (χ1v) is 6.31. The molecule has 2 aromatic rings. The molecule has 3 rings (SSSR count). The van der Waals surface area contributed by atoms with Crippen molar-refractivity contribution >= 4 is 11.9 Å². The Hall–Kier alpha value is -2.63. The lowest BCUT2D eigenvalue weighted by Gasteiger charge is -2.18. The fourth-order valence-corrected chi connectivity index (χ4v) is 2.45. The molecule has 6 heteroatoms. The van der Waals surface area contributed by atoms with Gasteiger partial charge in [0, 0.05) is 6.54 Å². The molecule has 0 fully saturated rings. The molecule has 0 bridgehead atoms. The minimum atomic E-state index is -1.08. The number of nitrogens with zero attached hydrogens (tertiary/aromatic N) is 3. The van der Waals surface area contributed by atoms with Gasteiger partial charge in [0.25, 0.3) is 5.91 Å². The minimum Gasteiger partial charge on any atom is -0.476 e. The smallest absolute Gasteiger partial charge is 0.356 e. The van der Waals surface area contributed by atoms with E-state index in [-0.39, 0.29) is 18.1 Å². The summed E-state index contributed by atoms with van der Waals surface area (Å²) in [5.74, 6) is -1.18. The van der Waals surface area contributed by atoms with Crippen molar-refractivity contribution in [2.75, 3.05) is 6.54 Å². The summed E-state index contributed by atoms with van der Waals surface area (Å²) in [4.78, 5) is 29.3. The summed E-state index contributed by atoms with van der Waals surface area (Å²) in [5, 5.41) is 9.22. The molecule has 1 N–H and O–H groups in total. The number of hydrogen-bond donors (Lipinski definition) is 1. The van der Waals surface area contributed by atoms with Crippen molar-refractivity contribution in [1.29, 1.82) is 0 Å². The Balaban J connectivity index is 2.29. The Morgan fingerprint density at radius 1 is 1.40 bits per heavy atom. The lowest BCUT2D eigenvalue weighted by atomic mass is 10.1. The summed E-state index contributed by atoms with van der Waals surface area (Å²) in [6, 6.07) is 7.15. The number of aromatic nitrogens is 2. The zero-order valence-electron chi connectivity index (χ0n) is 10.9. The quantitative estimate of drug-likeness (QED) is 0.899. The average Bonchev–Trinajstić information content (AvgIpc) is 2.83. The molecule has 1 aromatic heterocycles. The third-order valence-electron chi connectivity index (χ3n) is 3.47. The maximum atomic E-state index is 12.5. The van der Waals surface area contributed by atoms with Gasteiger partial charge in [-0.25, -0.2) is 9.78 Å². The van der Waals surface area contributed by atoms with Crippen LogP contribution in [0.1, 0.15) is 33.5 Å². The number of aromatic carboxylic acids is 1. The predicted molar refractivity (Wildman–Crippen MR) is 70.9 cm³/mol. The van der Waals surface area contributed by atoms with Gasteiger partial charge in [-0.05, 0) is 19.1 Å². The number of amides is 1. The van der Waals surface area contributed by atoms with Gasteiger partial charge in [0.2, 0.25) is 0 Å². The summed E-state index contributed by atoms with van der Waals surface area (Å²) >= 11 is 0. The number of rotatable bonds is 2. The highest BCUT2D eigenvalue weighted by molar-refractivity contribution is 5.99. The van der Waals surface area contributed by atoms with E-state index in [1.54, 1.807) is 27.7 Å². The minimum absolute atomic E-state index is 0.00652. The topological polar surface area (TPSA) is 75.4 Å². The van der Waals surface area contributed by atoms with Crippen LogP contribution in [0.5, 0.6) is 0 Å². The SMILES string of the molecule is CCN1Cc2c(C(=O)O)ncn2-c2ccccc2C1=O. The molecule has 0 spiro atoms. The number of carbonyl (C=O) groups is 2. The van der Waals surface area contributed by atoms with Crippen LogP contribution in [0.3, 0.4) is 0 Å². The summed E-state index contributed by atoms with van der Waals surface area (Å²) in [6.07, 6.45) is 1.46. The summed E-state index contributed by atoms with van der Waals surface area (Å²) in [6.45, 7) is 2.62. The Morgan fingerprint density at radius 2 is 2.15 bits per heavy atom. The normalized spacial score (nSPS) is 13.7. The average molecular weight is 271 g/mol. The van der Waals surface area contributed by atoms with Gasteiger partial charge in [-0.2, -0.15) is 0 Å². The number of para-hydroxylation sites is 1. The van der Waals surface area contributed by atoms with E-state index in [0.29, 0.717) is 23.5 Å². The van der Waals surface area contributed by atoms with Gasteiger partial charge in [0.1, 0.15) is 6.33 Å². The molecule has 1 amide bonds. The highest BCUT2D eigenvalue weighted by Gasteiger charge is 2.28.